The minimum absolute atomic E-state index is 0.0826. The van der Waals surface area contributed by atoms with Crippen LogP contribution in [0, 0.1) is 0 Å². The van der Waals surface area contributed by atoms with E-state index < -0.39 is 6.03 Å². The number of aromatic nitrogens is 3. The summed E-state index contributed by atoms with van der Waals surface area (Å²) in [5.74, 6) is 1.87. The highest BCUT2D eigenvalue weighted by Crippen LogP contribution is 2.40. The van der Waals surface area contributed by atoms with Crippen molar-refractivity contribution in [2.24, 2.45) is 0 Å². The molecule has 4 rings (SSSR count). The Bertz CT molecular complexity index is 949. The number of thioether (sulfide) groups is 1. The minimum Gasteiger partial charge on any atom is -0.467 e. The van der Waals surface area contributed by atoms with Crippen LogP contribution in [0.25, 0.3) is 0 Å². The number of furan rings is 1. The largest absolute Gasteiger partial charge is 0.467 e. The van der Waals surface area contributed by atoms with E-state index in [0.29, 0.717) is 24.2 Å². The third-order valence-corrected chi connectivity index (χ3v) is 6.31. The summed E-state index contributed by atoms with van der Waals surface area (Å²) < 4.78 is 7.44. The monoisotopic (exact) mass is 431 g/mol. The molecule has 152 valence electrons. The third-order valence-electron chi connectivity index (χ3n) is 4.40. The molecule has 0 unspecified atom stereocenters. The van der Waals surface area contributed by atoms with Crippen molar-refractivity contribution in [1.82, 2.24) is 25.4 Å². The molecule has 0 bridgehead atoms. The average molecular weight is 432 g/mol. The summed E-state index contributed by atoms with van der Waals surface area (Å²) in [5.41, 5.74) is 0. The van der Waals surface area contributed by atoms with Crippen molar-refractivity contribution in [2.75, 3.05) is 12.3 Å². The SMILES string of the molecule is O=C(CSc1nnc(C2CC2)n1Cc1ccco1)NC(=O)NCCc1cccs1. The maximum absolute atomic E-state index is 12.1. The number of imide groups is 1. The number of urea groups is 1. The van der Waals surface area contributed by atoms with E-state index in [1.165, 1.54) is 16.6 Å². The molecule has 3 amide bonds. The van der Waals surface area contributed by atoms with Gasteiger partial charge in [-0.3, -0.25) is 14.7 Å². The van der Waals surface area contributed by atoms with Crippen LogP contribution in [0.4, 0.5) is 4.79 Å². The number of thiophene rings is 1. The van der Waals surface area contributed by atoms with E-state index in [9.17, 15) is 9.59 Å². The Balaban J connectivity index is 1.27. The van der Waals surface area contributed by atoms with Gasteiger partial charge in [0, 0.05) is 17.3 Å². The molecule has 0 radical (unpaired) electrons. The highest BCUT2D eigenvalue weighted by atomic mass is 32.2. The van der Waals surface area contributed by atoms with Crippen LogP contribution in [0.2, 0.25) is 0 Å². The molecule has 3 aromatic rings. The lowest BCUT2D eigenvalue weighted by molar-refractivity contribution is -0.117. The zero-order valence-electron chi connectivity index (χ0n) is 15.7. The number of carbonyl (C=O) groups is 2. The Morgan fingerprint density at radius 2 is 2.17 bits per heavy atom. The van der Waals surface area contributed by atoms with Crippen LogP contribution in [-0.4, -0.2) is 39.0 Å². The molecule has 0 aliphatic heterocycles. The number of amides is 3. The number of hydrogen-bond acceptors (Lipinski definition) is 7. The van der Waals surface area contributed by atoms with Crippen molar-refractivity contribution >= 4 is 35.0 Å². The van der Waals surface area contributed by atoms with Gasteiger partial charge in [0.15, 0.2) is 5.16 Å². The summed E-state index contributed by atoms with van der Waals surface area (Å²) in [6.45, 7) is 1.01. The summed E-state index contributed by atoms with van der Waals surface area (Å²) in [6.07, 6.45) is 4.59. The van der Waals surface area contributed by atoms with E-state index in [2.05, 4.69) is 20.8 Å². The van der Waals surface area contributed by atoms with E-state index in [1.807, 2.05) is 34.2 Å². The highest BCUT2D eigenvalue weighted by Gasteiger charge is 2.30. The zero-order valence-corrected chi connectivity index (χ0v) is 17.3. The topological polar surface area (TPSA) is 102 Å². The number of rotatable bonds is 9. The number of carbonyl (C=O) groups excluding carboxylic acids is 2. The van der Waals surface area contributed by atoms with Gasteiger partial charge in [0.2, 0.25) is 5.91 Å². The van der Waals surface area contributed by atoms with E-state index in [-0.39, 0.29) is 11.7 Å². The van der Waals surface area contributed by atoms with Gasteiger partial charge < -0.3 is 9.73 Å². The molecule has 0 spiro atoms. The molecular formula is C19H21N5O3S2. The normalized spacial score (nSPS) is 13.4. The van der Waals surface area contributed by atoms with Crippen molar-refractivity contribution in [2.45, 2.75) is 36.9 Å². The Labute approximate surface area is 176 Å². The number of nitrogens with zero attached hydrogens (tertiary/aromatic N) is 3. The maximum atomic E-state index is 12.1. The molecule has 0 aromatic carbocycles. The Hall–Kier alpha value is -2.59. The average Bonchev–Trinajstić information content (AvgIpc) is 3.11. The van der Waals surface area contributed by atoms with Gasteiger partial charge >= 0.3 is 6.03 Å². The molecule has 1 fully saturated rings. The van der Waals surface area contributed by atoms with E-state index in [1.54, 1.807) is 17.6 Å². The molecule has 8 nitrogen and oxygen atoms in total. The molecule has 0 saturated heterocycles. The van der Waals surface area contributed by atoms with Gasteiger partial charge in [-0.05, 0) is 42.8 Å². The zero-order chi connectivity index (χ0) is 20.1. The summed E-state index contributed by atoms with van der Waals surface area (Å²) in [7, 11) is 0. The van der Waals surface area contributed by atoms with Crippen molar-refractivity contribution < 1.29 is 14.0 Å². The van der Waals surface area contributed by atoms with Gasteiger partial charge in [-0.1, -0.05) is 17.8 Å². The Morgan fingerprint density at radius 3 is 2.90 bits per heavy atom. The molecular weight excluding hydrogens is 410 g/mol. The highest BCUT2D eigenvalue weighted by molar-refractivity contribution is 7.99. The van der Waals surface area contributed by atoms with E-state index in [0.717, 1.165) is 30.8 Å². The lowest BCUT2D eigenvalue weighted by atomic mass is 10.3. The standard InChI is InChI=1S/C19H21N5O3S2/c25-16(21-18(26)20-8-7-15-4-2-10-28-15)12-29-19-23-22-17(13-5-6-13)24(19)11-14-3-1-9-27-14/h1-4,9-10,13H,5-8,11-12H2,(H2,20,21,25,26). The van der Waals surface area contributed by atoms with Crippen LogP contribution < -0.4 is 10.6 Å². The fourth-order valence-electron chi connectivity index (χ4n) is 2.85. The molecule has 0 atom stereocenters. The second kappa shape index (κ2) is 9.27. The van der Waals surface area contributed by atoms with Crippen molar-refractivity contribution in [1.29, 1.82) is 0 Å². The Morgan fingerprint density at radius 1 is 1.28 bits per heavy atom. The minimum atomic E-state index is -0.483. The van der Waals surface area contributed by atoms with Crippen molar-refractivity contribution in [3.05, 3.63) is 52.4 Å². The molecule has 3 aromatic heterocycles. The molecule has 29 heavy (non-hydrogen) atoms. The first kappa shape index (κ1) is 19.7. The van der Waals surface area contributed by atoms with Gasteiger partial charge in [-0.15, -0.1) is 21.5 Å². The van der Waals surface area contributed by atoms with Gasteiger partial charge in [-0.25, -0.2) is 4.79 Å². The van der Waals surface area contributed by atoms with Crippen molar-refractivity contribution in [3.8, 4) is 0 Å². The number of nitrogens with one attached hydrogen (secondary N) is 2. The van der Waals surface area contributed by atoms with E-state index >= 15 is 0 Å². The summed E-state index contributed by atoms with van der Waals surface area (Å²) in [6, 6.07) is 7.25. The number of hydrogen-bond donors (Lipinski definition) is 2. The molecule has 10 heteroatoms. The molecule has 1 aliphatic carbocycles. The van der Waals surface area contributed by atoms with Crippen LogP contribution in [0.1, 0.15) is 35.2 Å². The van der Waals surface area contributed by atoms with Crippen LogP contribution in [-0.2, 0) is 17.8 Å². The molecule has 1 aliphatic rings. The van der Waals surface area contributed by atoms with Crippen LogP contribution in [0.5, 0.6) is 0 Å². The summed E-state index contributed by atoms with van der Waals surface area (Å²) >= 11 is 2.91. The van der Waals surface area contributed by atoms with Gasteiger partial charge in [0.05, 0.1) is 18.6 Å². The van der Waals surface area contributed by atoms with Gasteiger partial charge in [-0.2, -0.15) is 0 Å². The fourth-order valence-corrected chi connectivity index (χ4v) is 4.30. The first-order valence-electron chi connectivity index (χ1n) is 9.37. The van der Waals surface area contributed by atoms with Gasteiger partial charge in [0.1, 0.15) is 11.6 Å². The quantitative estimate of drug-likeness (QED) is 0.505. The third kappa shape index (κ3) is 5.48. The first-order chi connectivity index (χ1) is 14.2. The fraction of sp³-hybridized carbons (Fsp3) is 0.368. The second-order valence-electron chi connectivity index (χ2n) is 6.70. The summed E-state index contributed by atoms with van der Waals surface area (Å²) in [4.78, 5) is 25.2. The predicted octanol–water partition coefficient (Wildman–Crippen LogP) is 3.02. The van der Waals surface area contributed by atoms with Crippen LogP contribution in [0.3, 0.4) is 0 Å². The van der Waals surface area contributed by atoms with Crippen molar-refractivity contribution in [3.63, 3.8) is 0 Å². The van der Waals surface area contributed by atoms with Crippen LogP contribution in [0.15, 0.2) is 45.5 Å². The molecule has 1 saturated carbocycles. The van der Waals surface area contributed by atoms with Crippen LogP contribution >= 0.6 is 23.1 Å². The Kier molecular flexibility index (Phi) is 6.30. The second-order valence-corrected chi connectivity index (χ2v) is 8.68. The first-order valence-corrected chi connectivity index (χ1v) is 11.2. The molecule has 3 heterocycles. The summed E-state index contributed by atoms with van der Waals surface area (Å²) in [5, 5.41) is 16.2. The lowest BCUT2D eigenvalue weighted by Gasteiger charge is -2.08. The lowest BCUT2D eigenvalue weighted by Crippen LogP contribution is -2.41. The van der Waals surface area contributed by atoms with E-state index in [4.69, 9.17) is 4.42 Å². The van der Waals surface area contributed by atoms with Gasteiger partial charge in [0.25, 0.3) is 0 Å². The predicted molar refractivity (Wildman–Crippen MR) is 110 cm³/mol. The smallest absolute Gasteiger partial charge is 0.321 e. The molecule has 2 N–H and O–H groups in total. The maximum Gasteiger partial charge on any atom is 0.321 e.